The van der Waals surface area contributed by atoms with Crippen molar-refractivity contribution in [3.8, 4) is 0 Å². The van der Waals surface area contributed by atoms with Crippen LogP contribution in [-0.2, 0) is 4.74 Å². The highest BCUT2D eigenvalue weighted by Gasteiger charge is 2.24. The van der Waals surface area contributed by atoms with Crippen LogP contribution in [0.1, 0.15) is 46.0 Å². The average molecular weight is 172 g/mol. The predicted molar refractivity (Wildman–Crippen MR) is 48.8 cm³/mol. The molecule has 0 saturated carbocycles. The summed E-state index contributed by atoms with van der Waals surface area (Å²) in [6.07, 6.45) is 5.49. The van der Waals surface area contributed by atoms with Gasteiger partial charge in [0, 0.05) is 6.42 Å². The Kier molecular flexibility index (Phi) is 4.02. The predicted octanol–water partition coefficient (Wildman–Crippen LogP) is 2.31. The summed E-state index contributed by atoms with van der Waals surface area (Å²) in [4.78, 5) is 0. The Hall–Kier alpha value is -0.0800. The molecule has 0 aromatic heterocycles. The molecule has 1 aliphatic rings. The van der Waals surface area contributed by atoms with Crippen LogP contribution in [0.25, 0.3) is 0 Å². The van der Waals surface area contributed by atoms with Gasteiger partial charge in [-0.25, -0.2) is 0 Å². The van der Waals surface area contributed by atoms with Gasteiger partial charge in [-0.1, -0.05) is 26.2 Å². The van der Waals surface area contributed by atoms with Crippen LogP contribution in [-0.4, -0.2) is 17.5 Å². The van der Waals surface area contributed by atoms with Crippen molar-refractivity contribution >= 4 is 0 Å². The number of hydrogen-bond donors (Lipinski definition) is 1. The molecule has 72 valence electrons. The van der Waals surface area contributed by atoms with E-state index in [1.807, 2.05) is 6.92 Å². The van der Waals surface area contributed by atoms with Crippen LogP contribution in [0, 0.1) is 5.92 Å². The van der Waals surface area contributed by atoms with Crippen molar-refractivity contribution in [2.45, 2.75) is 58.3 Å². The van der Waals surface area contributed by atoms with Gasteiger partial charge in [0.25, 0.3) is 0 Å². The highest BCUT2D eigenvalue weighted by atomic mass is 16.6. The first-order valence-electron chi connectivity index (χ1n) is 5.06. The molecule has 12 heavy (non-hydrogen) atoms. The number of hydrogen-bond acceptors (Lipinski definition) is 2. The largest absolute Gasteiger partial charge is 0.368 e. The number of ether oxygens (including phenoxy) is 1. The summed E-state index contributed by atoms with van der Waals surface area (Å²) in [5.41, 5.74) is 0. The maximum absolute atomic E-state index is 9.33. The molecule has 0 bridgehead atoms. The van der Waals surface area contributed by atoms with E-state index in [2.05, 4.69) is 6.92 Å². The van der Waals surface area contributed by atoms with E-state index >= 15 is 0 Å². The van der Waals surface area contributed by atoms with Crippen LogP contribution in [0.15, 0.2) is 0 Å². The molecule has 3 atom stereocenters. The van der Waals surface area contributed by atoms with E-state index in [0.29, 0.717) is 5.92 Å². The number of unbranched alkanes of at least 4 members (excludes halogenated alkanes) is 1. The quantitative estimate of drug-likeness (QED) is 0.708. The minimum Gasteiger partial charge on any atom is -0.368 e. The van der Waals surface area contributed by atoms with Crippen molar-refractivity contribution in [2.75, 3.05) is 0 Å². The maximum atomic E-state index is 9.33. The molecular weight excluding hydrogens is 152 g/mol. The Labute approximate surface area is 74.9 Å². The fourth-order valence-corrected chi connectivity index (χ4v) is 1.96. The first-order chi connectivity index (χ1) is 5.72. The monoisotopic (exact) mass is 172 g/mol. The van der Waals surface area contributed by atoms with Crippen LogP contribution < -0.4 is 0 Å². The molecule has 0 aromatic rings. The molecule has 2 nitrogen and oxygen atoms in total. The molecule has 3 unspecified atom stereocenters. The normalized spacial score (nSPS) is 36.8. The van der Waals surface area contributed by atoms with Gasteiger partial charge in [-0.3, -0.25) is 0 Å². The molecule has 0 amide bonds. The van der Waals surface area contributed by atoms with Gasteiger partial charge in [0.05, 0.1) is 6.10 Å². The van der Waals surface area contributed by atoms with Crippen LogP contribution >= 0.6 is 0 Å². The minimum atomic E-state index is -0.504. The maximum Gasteiger partial charge on any atom is 0.155 e. The lowest BCUT2D eigenvalue weighted by Gasteiger charge is -2.30. The molecule has 1 saturated heterocycles. The molecule has 0 spiro atoms. The number of aliphatic hydroxyl groups excluding tert-OH is 1. The second-order valence-electron chi connectivity index (χ2n) is 3.88. The summed E-state index contributed by atoms with van der Waals surface area (Å²) in [6.45, 7) is 4.25. The summed E-state index contributed by atoms with van der Waals surface area (Å²) in [5.74, 6) is 0.684. The Morgan fingerprint density at radius 1 is 1.42 bits per heavy atom. The first kappa shape index (κ1) is 10.0. The Balaban J connectivity index is 2.24. The van der Waals surface area contributed by atoms with Gasteiger partial charge < -0.3 is 9.84 Å². The fourth-order valence-electron chi connectivity index (χ4n) is 1.96. The van der Waals surface area contributed by atoms with Crippen molar-refractivity contribution in [1.82, 2.24) is 0 Å². The SMILES string of the molecule is CCCCC1CC(C)OC(O)C1. The van der Waals surface area contributed by atoms with Gasteiger partial charge in [-0.15, -0.1) is 0 Å². The van der Waals surface area contributed by atoms with Gasteiger partial charge in [-0.2, -0.15) is 0 Å². The first-order valence-corrected chi connectivity index (χ1v) is 5.06. The van der Waals surface area contributed by atoms with Gasteiger partial charge in [0.15, 0.2) is 6.29 Å². The zero-order chi connectivity index (χ0) is 8.97. The lowest BCUT2D eigenvalue weighted by Crippen LogP contribution is -2.30. The van der Waals surface area contributed by atoms with Crippen molar-refractivity contribution in [2.24, 2.45) is 5.92 Å². The van der Waals surface area contributed by atoms with E-state index in [0.717, 1.165) is 12.8 Å². The van der Waals surface area contributed by atoms with Crippen LogP contribution in [0.2, 0.25) is 0 Å². The average Bonchev–Trinajstić information content (AvgIpc) is 1.99. The third-order valence-electron chi connectivity index (χ3n) is 2.56. The summed E-state index contributed by atoms with van der Waals surface area (Å²) in [6, 6.07) is 0. The van der Waals surface area contributed by atoms with Gasteiger partial charge >= 0.3 is 0 Å². The lowest BCUT2D eigenvalue weighted by molar-refractivity contribution is -0.172. The van der Waals surface area contributed by atoms with Crippen molar-refractivity contribution in [3.05, 3.63) is 0 Å². The summed E-state index contributed by atoms with van der Waals surface area (Å²) in [7, 11) is 0. The van der Waals surface area contributed by atoms with Crippen LogP contribution in [0.4, 0.5) is 0 Å². The van der Waals surface area contributed by atoms with Gasteiger partial charge in [0.2, 0.25) is 0 Å². The third-order valence-corrected chi connectivity index (χ3v) is 2.56. The standard InChI is InChI=1S/C10H20O2/c1-3-4-5-9-6-8(2)12-10(11)7-9/h8-11H,3-7H2,1-2H3. The van der Waals surface area contributed by atoms with E-state index in [-0.39, 0.29) is 6.10 Å². The Morgan fingerprint density at radius 3 is 2.75 bits per heavy atom. The molecule has 1 N–H and O–H groups in total. The van der Waals surface area contributed by atoms with Gasteiger partial charge in [0.1, 0.15) is 0 Å². The smallest absolute Gasteiger partial charge is 0.155 e. The van der Waals surface area contributed by atoms with E-state index in [1.165, 1.54) is 19.3 Å². The fraction of sp³-hybridized carbons (Fsp3) is 1.00. The highest BCUT2D eigenvalue weighted by molar-refractivity contribution is 4.70. The molecule has 0 aliphatic carbocycles. The molecule has 2 heteroatoms. The minimum absolute atomic E-state index is 0.246. The summed E-state index contributed by atoms with van der Waals surface area (Å²) < 4.78 is 5.25. The molecule has 1 rings (SSSR count). The number of rotatable bonds is 3. The molecule has 1 heterocycles. The lowest BCUT2D eigenvalue weighted by atomic mass is 9.90. The highest BCUT2D eigenvalue weighted by Crippen LogP contribution is 2.27. The topological polar surface area (TPSA) is 29.5 Å². The van der Waals surface area contributed by atoms with E-state index in [1.54, 1.807) is 0 Å². The molecule has 0 radical (unpaired) electrons. The molecule has 1 fully saturated rings. The number of aliphatic hydroxyl groups is 1. The molecule has 0 aromatic carbocycles. The zero-order valence-electron chi connectivity index (χ0n) is 8.12. The molecule has 1 aliphatic heterocycles. The van der Waals surface area contributed by atoms with E-state index in [4.69, 9.17) is 4.74 Å². The van der Waals surface area contributed by atoms with Crippen molar-refractivity contribution in [1.29, 1.82) is 0 Å². The van der Waals surface area contributed by atoms with Crippen molar-refractivity contribution in [3.63, 3.8) is 0 Å². The van der Waals surface area contributed by atoms with E-state index in [9.17, 15) is 5.11 Å². The zero-order valence-corrected chi connectivity index (χ0v) is 8.12. The van der Waals surface area contributed by atoms with Gasteiger partial charge in [-0.05, 0) is 19.3 Å². The van der Waals surface area contributed by atoms with Crippen LogP contribution in [0.3, 0.4) is 0 Å². The van der Waals surface area contributed by atoms with E-state index < -0.39 is 6.29 Å². The second-order valence-corrected chi connectivity index (χ2v) is 3.88. The van der Waals surface area contributed by atoms with Crippen molar-refractivity contribution < 1.29 is 9.84 Å². The third kappa shape index (κ3) is 3.11. The van der Waals surface area contributed by atoms with Crippen LogP contribution in [0.5, 0.6) is 0 Å². The summed E-state index contributed by atoms with van der Waals surface area (Å²) >= 11 is 0. The Bertz CT molecular complexity index is 115. The molecular formula is C10H20O2. The Morgan fingerprint density at radius 2 is 2.17 bits per heavy atom. The second kappa shape index (κ2) is 4.83. The summed E-state index contributed by atoms with van der Waals surface area (Å²) in [5, 5.41) is 9.33.